The number of carbonyl (C=O) groups excluding carboxylic acids is 1. The van der Waals surface area contributed by atoms with Crippen LogP contribution in [0, 0.1) is 5.92 Å². The summed E-state index contributed by atoms with van der Waals surface area (Å²) in [6, 6.07) is 17.5. The summed E-state index contributed by atoms with van der Waals surface area (Å²) in [4.78, 5) is 12.3. The second kappa shape index (κ2) is 9.94. The number of para-hydroxylation sites is 1. The maximum absolute atomic E-state index is 12.3. The maximum Gasteiger partial charge on any atom is 0.228 e. The lowest BCUT2D eigenvalue weighted by Gasteiger charge is -2.22. The van der Waals surface area contributed by atoms with Gasteiger partial charge < -0.3 is 20.1 Å². The number of amides is 1. The van der Waals surface area contributed by atoms with E-state index in [0.29, 0.717) is 19.8 Å². The van der Waals surface area contributed by atoms with E-state index >= 15 is 0 Å². The van der Waals surface area contributed by atoms with Crippen LogP contribution in [0.2, 0.25) is 0 Å². The molecule has 0 bridgehead atoms. The number of anilines is 1. The van der Waals surface area contributed by atoms with Gasteiger partial charge in [0, 0.05) is 12.2 Å². The molecular formula is C21H26N2O3. The minimum atomic E-state index is 0.0544. The first-order chi connectivity index (χ1) is 12.8. The van der Waals surface area contributed by atoms with Gasteiger partial charge in [0.25, 0.3) is 0 Å². The second-order valence-electron chi connectivity index (χ2n) is 6.45. The molecule has 1 saturated heterocycles. The number of piperidine rings is 1. The highest BCUT2D eigenvalue weighted by Gasteiger charge is 2.20. The van der Waals surface area contributed by atoms with Crippen LogP contribution in [0.15, 0.2) is 54.6 Å². The van der Waals surface area contributed by atoms with Crippen LogP contribution in [0.1, 0.15) is 18.4 Å². The third-order valence-electron chi connectivity index (χ3n) is 4.37. The molecule has 0 aromatic heterocycles. The van der Waals surface area contributed by atoms with Crippen molar-refractivity contribution >= 4 is 11.6 Å². The van der Waals surface area contributed by atoms with Crippen molar-refractivity contribution in [3.8, 4) is 5.75 Å². The molecule has 5 heteroatoms. The molecule has 2 aromatic carbocycles. The molecule has 0 spiro atoms. The Morgan fingerprint density at radius 2 is 2.00 bits per heavy atom. The molecule has 138 valence electrons. The summed E-state index contributed by atoms with van der Waals surface area (Å²) in [7, 11) is 0. The Labute approximate surface area is 154 Å². The Balaban J connectivity index is 1.40. The van der Waals surface area contributed by atoms with Gasteiger partial charge in [-0.05, 0) is 49.2 Å². The van der Waals surface area contributed by atoms with E-state index in [-0.39, 0.29) is 11.8 Å². The van der Waals surface area contributed by atoms with Gasteiger partial charge in [0.2, 0.25) is 5.91 Å². The molecule has 5 nitrogen and oxygen atoms in total. The normalized spacial score (nSPS) is 16.8. The predicted octanol–water partition coefficient (Wildman–Crippen LogP) is 3.22. The molecule has 1 atom stereocenters. The number of hydrogen-bond donors (Lipinski definition) is 2. The van der Waals surface area contributed by atoms with Crippen LogP contribution in [0.3, 0.4) is 0 Å². The molecule has 2 aromatic rings. The van der Waals surface area contributed by atoms with E-state index in [4.69, 9.17) is 9.47 Å². The lowest BCUT2D eigenvalue weighted by atomic mass is 9.99. The zero-order valence-corrected chi connectivity index (χ0v) is 14.9. The summed E-state index contributed by atoms with van der Waals surface area (Å²) in [5, 5.41) is 6.29. The van der Waals surface area contributed by atoms with Crippen LogP contribution in [0.25, 0.3) is 0 Å². The Hall–Kier alpha value is -2.37. The Kier molecular flexibility index (Phi) is 7.05. The van der Waals surface area contributed by atoms with Crippen molar-refractivity contribution in [2.75, 3.05) is 31.6 Å². The third kappa shape index (κ3) is 5.86. The smallest absolute Gasteiger partial charge is 0.228 e. The van der Waals surface area contributed by atoms with Gasteiger partial charge in [0.1, 0.15) is 12.4 Å². The average molecular weight is 354 g/mol. The molecule has 1 heterocycles. The number of ether oxygens (including phenoxy) is 2. The molecule has 2 N–H and O–H groups in total. The number of hydrogen-bond acceptors (Lipinski definition) is 4. The van der Waals surface area contributed by atoms with Crippen LogP contribution in [-0.2, 0) is 16.1 Å². The van der Waals surface area contributed by atoms with Crippen molar-refractivity contribution in [2.45, 2.75) is 19.4 Å². The number of carbonyl (C=O) groups is 1. The first-order valence-electron chi connectivity index (χ1n) is 9.17. The fourth-order valence-corrected chi connectivity index (χ4v) is 2.98. The quantitative estimate of drug-likeness (QED) is 0.715. The molecule has 1 aliphatic rings. The first-order valence-corrected chi connectivity index (χ1v) is 9.17. The van der Waals surface area contributed by atoms with Gasteiger partial charge >= 0.3 is 0 Å². The highest BCUT2D eigenvalue weighted by atomic mass is 16.5. The van der Waals surface area contributed by atoms with Crippen molar-refractivity contribution in [1.29, 1.82) is 0 Å². The molecule has 0 saturated carbocycles. The van der Waals surface area contributed by atoms with Gasteiger partial charge in [-0.3, -0.25) is 4.79 Å². The predicted molar refractivity (Wildman–Crippen MR) is 102 cm³/mol. The first kappa shape index (κ1) is 18.4. The standard InChI is InChI=1S/C21H26N2O3/c24-21(18-7-5-11-22-15-18)23-19-8-4-6-17(14-19)16-25-12-13-26-20-9-2-1-3-10-20/h1-4,6,8-10,14,18,22H,5,7,11-13,15-16H2,(H,23,24). The average Bonchev–Trinajstić information content (AvgIpc) is 2.69. The van der Waals surface area contributed by atoms with Crippen LogP contribution < -0.4 is 15.4 Å². The van der Waals surface area contributed by atoms with Crippen LogP contribution >= 0.6 is 0 Å². The SMILES string of the molecule is O=C(Nc1cccc(COCCOc2ccccc2)c1)C1CCCNC1. The van der Waals surface area contributed by atoms with Crippen molar-refractivity contribution in [3.05, 3.63) is 60.2 Å². The maximum atomic E-state index is 12.3. The summed E-state index contributed by atoms with van der Waals surface area (Å²) in [5.41, 5.74) is 1.85. The fraction of sp³-hybridized carbons (Fsp3) is 0.381. The molecule has 26 heavy (non-hydrogen) atoms. The van der Waals surface area contributed by atoms with E-state index in [1.807, 2.05) is 54.6 Å². The Morgan fingerprint density at radius 1 is 1.12 bits per heavy atom. The van der Waals surface area contributed by atoms with E-state index in [1.165, 1.54) is 0 Å². The van der Waals surface area contributed by atoms with Crippen molar-refractivity contribution in [2.24, 2.45) is 5.92 Å². The number of nitrogens with one attached hydrogen (secondary N) is 2. The van der Waals surface area contributed by atoms with E-state index < -0.39 is 0 Å². The minimum Gasteiger partial charge on any atom is -0.491 e. The lowest BCUT2D eigenvalue weighted by molar-refractivity contribution is -0.120. The van der Waals surface area contributed by atoms with Crippen molar-refractivity contribution in [1.82, 2.24) is 5.32 Å². The highest BCUT2D eigenvalue weighted by molar-refractivity contribution is 5.92. The zero-order chi connectivity index (χ0) is 18.0. The second-order valence-corrected chi connectivity index (χ2v) is 6.45. The topological polar surface area (TPSA) is 59.6 Å². The summed E-state index contributed by atoms with van der Waals surface area (Å²) >= 11 is 0. The van der Waals surface area contributed by atoms with Crippen LogP contribution in [0.4, 0.5) is 5.69 Å². The summed E-state index contributed by atoms with van der Waals surface area (Å²) in [6.07, 6.45) is 2.00. The minimum absolute atomic E-state index is 0.0544. The molecule has 1 aliphatic heterocycles. The third-order valence-corrected chi connectivity index (χ3v) is 4.37. The monoisotopic (exact) mass is 354 g/mol. The molecule has 3 rings (SSSR count). The van der Waals surface area contributed by atoms with Gasteiger partial charge in [-0.25, -0.2) is 0 Å². The molecule has 0 radical (unpaired) electrons. The summed E-state index contributed by atoms with van der Waals surface area (Å²) in [5.74, 6) is 0.989. The van der Waals surface area contributed by atoms with Gasteiger partial charge in [-0.15, -0.1) is 0 Å². The van der Waals surface area contributed by atoms with Crippen LogP contribution in [0.5, 0.6) is 5.75 Å². The van der Waals surface area contributed by atoms with Gasteiger partial charge in [0.05, 0.1) is 19.1 Å². The molecule has 0 aliphatic carbocycles. The van der Waals surface area contributed by atoms with E-state index in [9.17, 15) is 4.79 Å². The van der Waals surface area contributed by atoms with Crippen molar-refractivity contribution < 1.29 is 14.3 Å². The van der Waals surface area contributed by atoms with Crippen molar-refractivity contribution in [3.63, 3.8) is 0 Å². The number of rotatable bonds is 8. The molecule has 1 unspecified atom stereocenters. The molecule has 1 fully saturated rings. The summed E-state index contributed by atoms with van der Waals surface area (Å²) in [6.45, 7) is 3.28. The summed E-state index contributed by atoms with van der Waals surface area (Å²) < 4.78 is 11.3. The fourth-order valence-electron chi connectivity index (χ4n) is 2.98. The van der Waals surface area contributed by atoms with E-state index in [0.717, 1.165) is 42.9 Å². The lowest BCUT2D eigenvalue weighted by Crippen LogP contribution is -2.37. The van der Waals surface area contributed by atoms with Gasteiger partial charge in [0.15, 0.2) is 0 Å². The van der Waals surface area contributed by atoms with Gasteiger partial charge in [-0.1, -0.05) is 30.3 Å². The Bertz CT molecular complexity index is 685. The molecule has 1 amide bonds. The van der Waals surface area contributed by atoms with E-state index in [2.05, 4.69) is 10.6 Å². The van der Waals surface area contributed by atoms with Gasteiger partial charge in [-0.2, -0.15) is 0 Å². The molecular weight excluding hydrogens is 328 g/mol. The zero-order valence-electron chi connectivity index (χ0n) is 14.9. The Morgan fingerprint density at radius 3 is 2.81 bits per heavy atom. The number of benzene rings is 2. The van der Waals surface area contributed by atoms with Crippen LogP contribution in [-0.4, -0.2) is 32.2 Å². The largest absolute Gasteiger partial charge is 0.491 e. The highest BCUT2D eigenvalue weighted by Crippen LogP contribution is 2.16. The van der Waals surface area contributed by atoms with E-state index in [1.54, 1.807) is 0 Å².